The van der Waals surface area contributed by atoms with Crippen LogP contribution in [0.15, 0.2) is 71.6 Å². The molecule has 1 aliphatic rings. The second-order valence-corrected chi connectivity index (χ2v) is 10.9. The van der Waals surface area contributed by atoms with Gasteiger partial charge in [0.2, 0.25) is 5.91 Å². The molecule has 0 aliphatic carbocycles. The van der Waals surface area contributed by atoms with Crippen molar-refractivity contribution in [2.24, 2.45) is 0 Å². The van der Waals surface area contributed by atoms with E-state index in [0.717, 1.165) is 42.6 Å². The number of ether oxygens (including phenoxy) is 1. The summed E-state index contributed by atoms with van der Waals surface area (Å²) in [5.74, 6) is 0.146. The van der Waals surface area contributed by atoms with Gasteiger partial charge in [-0.15, -0.1) is 0 Å². The van der Waals surface area contributed by atoms with Crippen LogP contribution in [0.2, 0.25) is 0 Å². The molecule has 194 valence electrons. The highest BCUT2D eigenvalue weighted by molar-refractivity contribution is 7.92. The number of rotatable bonds is 9. The Morgan fingerprint density at radius 3 is 2.11 bits per heavy atom. The Balaban J connectivity index is 1.26. The number of nitrogens with zero attached hydrogens (tertiary/aromatic N) is 1. The third kappa shape index (κ3) is 7.33. The summed E-state index contributed by atoms with van der Waals surface area (Å²) in [6.45, 7) is 5.23. The largest absolute Gasteiger partial charge is 0.484 e. The number of anilines is 2. The van der Waals surface area contributed by atoms with Crippen molar-refractivity contribution in [3.05, 3.63) is 83.4 Å². The van der Waals surface area contributed by atoms with Crippen LogP contribution in [0.5, 0.6) is 5.75 Å². The molecule has 1 heterocycles. The minimum atomic E-state index is -3.76. The average Bonchev–Trinajstić information content (AvgIpc) is 3.39. The van der Waals surface area contributed by atoms with Crippen LogP contribution in [-0.2, 0) is 26.0 Å². The van der Waals surface area contributed by atoms with Crippen LogP contribution < -0.4 is 14.8 Å². The molecule has 0 radical (unpaired) electrons. The summed E-state index contributed by atoms with van der Waals surface area (Å²) in [7, 11) is -3.76. The van der Waals surface area contributed by atoms with E-state index in [1.54, 1.807) is 24.3 Å². The topological polar surface area (TPSA) is 105 Å². The predicted octanol–water partition coefficient (Wildman–Crippen LogP) is 4.29. The lowest BCUT2D eigenvalue weighted by Gasteiger charge is -2.15. The average molecular weight is 522 g/mol. The first-order valence-corrected chi connectivity index (χ1v) is 13.7. The first-order valence-electron chi connectivity index (χ1n) is 12.2. The zero-order chi connectivity index (χ0) is 26.4. The maximum Gasteiger partial charge on any atom is 0.262 e. The number of nitrogens with one attached hydrogen (secondary N) is 2. The number of sulfonamides is 1. The van der Waals surface area contributed by atoms with E-state index in [-0.39, 0.29) is 23.3 Å². The van der Waals surface area contributed by atoms with E-state index in [1.165, 1.54) is 24.3 Å². The first kappa shape index (κ1) is 26.2. The summed E-state index contributed by atoms with van der Waals surface area (Å²) in [4.78, 5) is 26.6. The maximum absolute atomic E-state index is 12.7. The van der Waals surface area contributed by atoms with Crippen molar-refractivity contribution in [3.63, 3.8) is 0 Å². The Kier molecular flexibility index (Phi) is 8.13. The summed E-state index contributed by atoms with van der Waals surface area (Å²) >= 11 is 0. The van der Waals surface area contributed by atoms with Gasteiger partial charge in [-0.05, 0) is 91.9 Å². The number of amides is 2. The molecule has 0 aromatic heterocycles. The molecule has 0 atom stereocenters. The molecule has 0 spiro atoms. The van der Waals surface area contributed by atoms with E-state index in [9.17, 15) is 18.0 Å². The number of likely N-dealkylation sites (tertiary alicyclic amines) is 1. The van der Waals surface area contributed by atoms with E-state index in [2.05, 4.69) is 10.0 Å². The van der Waals surface area contributed by atoms with E-state index < -0.39 is 10.0 Å². The number of benzene rings is 3. The molecule has 4 rings (SSSR count). The second-order valence-electron chi connectivity index (χ2n) is 9.25. The minimum Gasteiger partial charge on any atom is -0.484 e. The molecule has 2 N–H and O–H groups in total. The van der Waals surface area contributed by atoms with Gasteiger partial charge in [0.1, 0.15) is 5.75 Å². The van der Waals surface area contributed by atoms with Gasteiger partial charge in [0.25, 0.3) is 15.9 Å². The molecule has 0 unspecified atom stereocenters. The minimum absolute atomic E-state index is 0.0896. The quantitative estimate of drug-likeness (QED) is 0.437. The van der Waals surface area contributed by atoms with Crippen LogP contribution in [-0.4, -0.2) is 44.8 Å². The fourth-order valence-electron chi connectivity index (χ4n) is 4.27. The lowest BCUT2D eigenvalue weighted by molar-refractivity contribution is -0.129. The third-order valence-corrected chi connectivity index (χ3v) is 7.43. The SMILES string of the molecule is Cc1cc(C)cc(NS(=O)(=O)c2ccc(OCC(=O)Nc3ccc(CC(=O)N4CCCC4)cc3)cc2)c1. The molecule has 2 amide bonds. The highest BCUT2D eigenvalue weighted by atomic mass is 32.2. The fraction of sp³-hybridized carbons (Fsp3) is 0.286. The van der Waals surface area contributed by atoms with Crippen LogP contribution in [0.25, 0.3) is 0 Å². The van der Waals surface area contributed by atoms with Crippen molar-refractivity contribution in [2.45, 2.75) is 38.0 Å². The summed E-state index contributed by atoms with van der Waals surface area (Å²) in [5, 5.41) is 2.75. The lowest BCUT2D eigenvalue weighted by Crippen LogP contribution is -2.29. The fourth-order valence-corrected chi connectivity index (χ4v) is 5.31. The van der Waals surface area contributed by atoms with Gasteiger partial charge >= 0.3 is 0 Å². The number of carbonyl (C=O) groups is 2. The number of hydrogen-bond donors (Lipinski definition) is 2. The summed E-state index contributed by atoms with van der Waals surface area (Å²) < 4.78 is 33.5. The summed E-state index contributed by atoms with van der Waals surface area (Å²) in [6, 6.07) is 18.6. The van der Waals surface area contributed by atoms with Crippen molar-refractivity contribution >= 4 is 33.2 Å². The predicted molar refractivity (Wildman–Crippen MR) is 143 cm³/mol. The number of aryl methyl sites for hydroxylation is 2. The molecule has 37 heavy (non-hydrogen) atoms. The van der Waals surface area contributed by atoms with Crippen molar-refractivity contribution in [1.29, 1.82) is 0 Å². The Bertz CT molecular complexity index is 1340. The normalized spacial score (nSPS) is 13.3. The molecule has 1 aliphatic heterocycles. The highest BCUT2D eigenvalue weighted by Crippen LogP contribution is 2.21. The Morgan fingerprint density at radius 2 is 1.49 bits per heavy atom. The Labute approximate surface area is 217 Å². The Hall–Kier alpha value is -3.85. The van der Waals surface area contributed by atoms with Crippen LogP contribution in [0.4, 0.5) is 11.4 Å². The van der Waals surface area contributed by atoms with E-state index in [1.807, 2.05) is 36.9 Å². The van der Waals surface area contributed by atoms with Crippen LogP contribution in [0.3, 0.4) is 0 Å². The van der Waals surface area contributed by atoms with Crippen molar-refractivity contribution in [2.75, 3.05) is 29.7 Å². The standard InChI is InChI=1S/C28H31N3O5S/c1-20-15-21(2)17-24(16-20)30-37(34,35)26-11-9-25(10-12-26)36-19-27(32)29-23-7-5-22(6-8-23)18-28(33)31-13-3-4-14-31/h5-12,15-17,30H,3-4,13-14,18-19H2,1-2H3,(H,29,32). The Morgan fingerprint density at radius 1 is 0.865 bits per heavy atom. The van der Waals surface area contributed by atoms with Gasteiger partial charge in [-0.2, -0.15) is 0 Å². The number of carbonyl (C=O) groups excluding carboxylic acids is 2. The first-order chi connectivity index (χ1) is 17.7. The molecule has 8 nitrogen and oxygen atoms in total. The zero-order valence-electron chi connectivity index (χ0n) is 21.0. The molecule has 0 saturated carbocycles. The maximum atomic E-state index is 12.7. The monoisotopic (exact) mass is 521 g/mol. The molecule has 1 saturated heterocycles. The summed E-state index contributed by atoms with van der Waals surface area (Å²) in [5.41, 5.74) is 3.92. The van der Waals surface area contributed by atoms with Crippen LogP contribution in [0, 0.1) is 13.8 Å². The highest BCUT2D eigenvalue weighted by Gasteiger charge is 2.18. The van der Waals surface area contributed by atoms with Gasteiger partial charge in [0, 0.05) is 24.5 Å². The van der Waals surface area contributed by atoms with Gasteiger partial charge in [-0.1, -0.05) is 18.2 Å². The summed E-state index contributed by atoms with van der Waals surface area (Å²) in [6.07, 6.45) is 2.48. The van der Waals surface area contributed by atoms with Crippen molar-refractivity contribution in [3.8, 4) is 5.75 Å². The van der Waals surface area contributed by atoms with Gasteiger partial charge in [0.05, 0.1) is 11.3 Å². The van der Waals surface area contributed by atoms with Crippen LogP contribution >= 0.6 is 0 Å². The molecule has 3 aromatic rings. The molecule has 1 fully saturated rings. The van der Waals surface area contributed by atoms with E-state index in [0.29, 0.717) is 23.5 Å². The smallest absolute Gasteiger partial charge is 0.262 e. The second kappa shape index (κ2) is 11.5. The lowest BCUT2D eigenvalue weighted by atomic mass is 10.1. The van der Waals surface area contributed by atoms with Gasteiger partial charge in [0.15, 0.2) is 6.61 Å². The third-order valence-electron chi connectivity index (χ3n) is 6.03. The zero-order valence-corrected chi connectivity index (χ0v) is 21.8. The van der Waals surface area contributed by atoms with E-state index >= 15 is 0 Å². The van der Waals surface area contributed by atoms with Gasteiger partial charge in [-0.3, -0.25) is 14.3 Å². The van der Waals surface area contributed by atoms with Gasteiger partial charge < -0.3 is 15.0 Å². The van der Waals surface area contributed by atoms with Crippen molar-refractivity contribution in [1.82, 2.24) is 4.90 Å². The van der Waals surface area contributed by atoms with Crippen LogP contribution in [0.1, 0.15) is 29.5 Å². The van der Waals surface area contributed by atoms with E-state index in [4.69, 9.17) is 4.74 Å². The van der Waals surface area contributed by atoms with Gasteiger partial charge in [-0.25, -0.2) is 8.42 Å². The molecular formula is C28H31N3O5S. The molecule has 0 bridgehead atoms. The molecule has 9 heteroatoms. The van der Waals surface area contributed by atoms with Crippen molar-refractivity contribution < 1.29 is 22.7 Å². The molecular weight excluding hydrogens is 490 g/mol. The number of hydrogen-bond acceptors (Lipinski definition) is 5. The molecule has 3 aromatic carbocycles.